The fourth-order valence-electron chi connectivity index (χ4n) is 0.433. The van der Waals surface area contributed by atoms with Crippen molar-refractivity contribution in [2.45, 2.75) is 17.8 Å². The second-order valence-corrected chi connectivity index (χ2v) is 3.42. The smallest absolute Gasteiger partial charge is 0.316 e. The van der Waals surface area contributed by atoms with Crippen molar-refractivity contribution in [1.29, 1.82) is 0 Å². The van der Waals surface area contributed by atoms with E-state index in [-0.39, 0.29) is 12.2 Å². The lowest BCUT2D eigenvalue weighted by molar-refractivity contribution is -0.137. The molecule has 8 heteroatoms. The molecule has 0 aromatic rings. The minimum atomic E-state index is -1.09. The number of carboxylic acids is 2. The Morgan fingerprint density at radius 3 is 1.87 bits per heavy atom. The molecule has 0 rings (SSSR count). The average Bonchev–Trinajstić information content (AvgIpc) is 2.18. The van der Waals surface area contributed by atoms with Gasteiger partial charge in [-0.15, -0.1) is 0 Å². The zero-order valence-electron chi connectivity index (χ0n) is 7.78. The molecule has 0 saturated carbocycles. The minimum absolute atomic E-state index is 0.0328. The maximum atomic E-state index is 10.1. The lowest BCUT2D eigenvalue weighted by atomic mass is 10.2. The van der Waals surface area contributed by atoms with Crippen molar-refractivity contribution in [3.8, 4) is 0 Å². The van der Waals surface area contributed by atoms with E-state index in [4.69, 9.17) is 20.4 Å². The third-order valence-electron chi connectivity index (χ3n) is 1.13. The van der Waals surface area contributed by atoms with Crippen LogP contribution in [0, 0.1) is 0 Å². The fourth-order valence-corrected chi connectivity index (χ4v) is 0.676. The van der Waals surface area contributed by atoms with E-state index < -0.39 is 29.9 Å². The molecule has 6 nitrogen and oxygen atoms in total. The van der Waals surface area contributed by atoms with Gasteiger partial charge in [0.1, 0.15) is 5.25 Å². The van der Waals surface area contributed by atoms with Gasteiger partial charge in [0.25, 0.3) is 0 Å². The van der Waals surface area contributed by atoms with Crippen molar-refractivity contribution in [2.24, 2.45) is 0 Å². The standard InChI is InChI=1S/C5H10O4S.C2H4O2S/c6-2-3(7)1-4(10)5(8)9;3-2(4)1-5/h3-4,6-7,10H,1-2H2,(H,8,9);5H,1H2,(H,3,4). The number of carboxylic acid groups (broad SMARTS) is 2. The Morgan fingerprint density at radius 1 is 1.27 bits per heavy atom. The van der Waals surface area contributed by atoms with Gasteiger partial charge >= 0.3 is 11.9 Å². The molecule has 0 radical (unpaired) electrons. The number of thiol groups is 2. The minimum Gasteiger partial charge on any atom is -0.481 e. The summed E-state index contributed by atoms with van der Waals surface area (Å²) < 4.78 is 0. The van der Waals surface area contributed by atoms with Gasteiger partial charge in [0, 0.05) is 0 Å². The van der Waals surface area contributed by atoms with Crippen LogP contribution in [0.15, 0.2) is 0 Å². The Hall–Kier alpha value is -0.440. The van der Waals surface area contributed by atoms with Crippen LogP contribution in [0.2, 0.25) is 0 Å². The first-order valence-corrected chi connectivity index (χ1v) is 5.02. The number of aliphatic hydroxyl groups excluding tert-OH is 2. The first-order chi connectivity index (χ1) is 6.84. The van der Waals surface area contributed by atoms with E-state index in [1.165, 1.54) is 0 Å². The summed E-state index contributed by atoms with van der Waals surface area (Å²) in [5.74, 6) is -2.05. The molecule has 0 saturated heterocycles. The highest BCUT2D eigenvalue weighted by atomic mass is 32.1. The maximum absolute atomic E-state index is 10.1. The number of aliphatic hydroxyl groups is 2. The molecule has 0 fully saturated rings. The first kappa shape index (κ1) is 17.0. The number of rotatable bonds is 5. The van der Waals surface area contributed by atoms with Gasteiger partial charge in [0.15, 0.2) is 0 Å². The maximum Gasteiger partial charge on any atom is 0.316 e. The van der Waals surface area contributed by atoms with Gasteiger partial charge in [-0.3, -0.25) is 9.59 Å². The van der Waals surface area contributed by atoms with Crippen molar-refractivity contribution < 1.29 is 30.0 Å². The number of hydrogen-bond donors (Lipinski definition) is 6. The van der Waals surface area contributed by atoms with Crippen LogP contribution >= 0.6 is 25.3 Å². The van der Waals surface area contributed by atoms with Gasteiger partial charge in [0.05, 0.1) is 18.5 Å². The molecular weight excluding hydrogens is 244 g/mol. The molecule has 0 bridgehead atoms. The van der Waals surface area contributed by atoms with E-state index >= 15 is 0 Å². The van der Waals surface area contributed by atoms with Gasteiger partial charge in [-0.25, -0.2) is 0 Å². The van der Waals surface area contributed by atoms with E-state index in [0.717, 1.165) is 0 Å². The zero-order valence-corrected chi connectivity index (χ0v) is 9.56. The summed E-state index contributed by atoms with van der Waals surface area (Å²) >= 11 is 7.06. The van der Waals surface area contributed by atoms with Gasteiger partial charge in [0.2, 0.25) is 0 Å². The van der Waals surface area contributed by atoms with Gasteiger partial charge in [-0.1, -0.05) is 0 Å². The normalized spacial score (nSPS) is 13.3. The van der Waals surface area contributed by atoms with Crippen molar-refractivity contribution in [2.75, 3.05) is 12.4 Å². The summed E-state index contributed by atoms with van der Waals surface area (Å²) in [5.41, 5.74) is 0. The zero-order chi connectivity index (χ0) is 12.4. The van der Waals surface area contributed by atoms with E-state index in [1.54, 1.807) is 0 Å². The third kappa shape index (κ3) is 13.6. The molecule has 0 aromatic heterocycles. The fraction of sp³-hybridized carbons (Fsp3) is 0.714. The van der Waals surface area contributed by atoms with Gasteiger partial charge < -0.3 is 20.4 Å². The van der Waals surface area contributed by atoms with Crippen LogP contribution in [0.5, 0.6) is 0 Å². The SMILES string of the molecule is O=C(O)C(S)CC(O)CO.O=C(O)CS. The van der Waals surface area contributed by atoms with E-state index in [0.29, 0.717) is 0 Å². The first-order valence-electron chi connectivity index (χ1n) is 3.87. The summed E-state index contributed by atoms with van der Waals surface area (Å²) in [6, 6.07) is 0. The number of hydrogen-bond acceptors (Lipinski definition) is 6. The molecule has 2 unspecified atom stereocenters. The van der Waals surface area contributed by atoms with E-state index in [1.807, 2.05) is 0 Å². The molecule has 0 aliphatic carbocycles. The van der Waals surface area contributed by atoms with Crippen molar-refractivity contribution >= 4 is 37.2 Å². The largest absolute Gasteiger partial charge is 0.481 e. The van der Waals surface area contributed by atoms with E-state index in [2.05, 4.69) is 25.3 Å². The quantitative estimate of drug-likeness (QED) is 0.357. The molecule has 0 aromatic carbocycles. The lowest BCUT2D eigenvalue weighted by Gasteiger charge is -2.08. The summed E-state index contributed by atoms with van der Waals surface area (Å²) in [6.45, 7) is -0.426. The predicted molar refractivity (Wildman–Crippen MR) is 59.6 cm³/mol. The second-order valence-electron chi connectivity index (χ2n) is 2.48. The van der Waals surface area contributed by atoms with Crippen LogP contribution in [0.25, 0.3) is 0 Å². The van der Waals surface area contributed by atoms with Crippen LogP contribution < -0.4 is 0 Å². The average molecular weight is 258 g/mol. The Balaban J connectivity index is 0. The molecule has 0 spiro atoms. The molecule has 2 atom stereocenters. The highest BCUT2D eigenvalue weighted by Gasteiger charge is 2.15. The molecular formula is C7H14O6S2. The van der Waals surface area contributed by atoms with Crippen molar-refractivity contribution in [1.82, 2.24) is 0 Å². The topological polar surface area (TPSA) is 115 Å². The predicted octanol–water partition coefficient (Wildman–Crippen LogP) is -0.887. The van der Waals surface area contributed by atoms with Crippen LogP contribution in [-0.4, -0.2) is 56.1 Å². The van der Waals surface area contributed by atoms with E-state index in [9.17, 15) is 9.59 Å². The lowest BCUT2D eigenvalue weighted by Crippen LogP contribution is -2.23. The molecule has 0 aliphatic rings. The van der Waals surface area contributed by atoms with Gasteiger partial charge in [-0.05, 0) is 6.42 Å². The summed E-state index contributed by atoms with van der Waals surface area (Å²) in [6.07, 6.45) is -1.02. The molecule has 4 N–H and O–H groups in total. The van der Waals surface area contributed by atoms with Gasteiger partial charge in [-0.2, -0.15) is 25.3 Å². The molecule has 0 amide bonds. The summed E-state index contributed by atoms with van der Waals surface area (Å²) in [5, 5.41) is 32.0. The monoisotopic (exact) mass is 258 g/mol. The number of carbonyl (C=O) groups is 2. The second kappa shape index (κ2) is 10.1. The number of aliphatic carboxylic acids is 2. The van der Waals surface area contributed by atoms with Crippen molar-refractivity contribution in [3.63, 3.8) is 0 Å². The summed E-state index contributed by atoms with van der Waals surface area (Å²) in [4.78, 5) is 19.4. The highest BCUT2D eigenvalue weighted by molar-refractivity contribution is 7.81. The van der Waals surface area contributed by atoms with Crippen LogP contribution in [-0.2, 0) is 9.59 Å². The third-order valence-corrected chi connectivity index (χ3v) is 1.83. The Bertz CT molecular complexity index is 198. The molecule has 0 aliphatic heterocycles. The molecule has 90 valence electrons. The molecule has 15 heavy (non-hydrogen) atoms. The highest BCUT2D eigenvalue weighted by Crippen LogP contribution is 2.04. The van der Waals surface area contributed by atoms with Crippen LogP contribution in [0.1, 0.15) is 6.42 Å². The molecule has 0 heterocycles. The van der Waals surface area contributed by atoms with Crippen LogP contribution in [0.3, 0.4) is 0 Å². The Kier molecular flexibility index (Phi) is 11.4. The Morgan fingerprint density at radius 2 is 1.67 bits per heavy atom. The van der Waals surface area contributed by atoms with Crippen LogP contribution in [0.4, 0.5) is 0 Å². The summed E-state index contributed by atoms with van der Waals surface area (Å²) in [7, 11) is 0. The Labute approximate surface area is 97.7 Å². The van der Waals surface area contributed by atoms with Crippen molar-refractivity contribution in [3.05, 3.63) is 0 Å².